The number of phosphoric ester groups is 2. The lowest BCUT2D eigenvalue weighted by Crippen LogP contribution is -2.58. The summed E-state index contributed by atoms with van der Waals surface area (Å²) in [5, 5.41) is 60.6. The molecule has 3 amide bonds. The number of aliphatic hydroxyl groups excluding tert-OH is 6. The van der Waals surface area contributed by atoms with Crippen molar-refractivity contribution in [1.82, 2.24) is 10.2 Å². The molecule has 2 unspecified atom stereocenters. The number of ether oxygens (including phenoxy) is 2. The van der Waals surface area contributed by atoms with E-state index in [0.29, 0.717) is 0 Å². The van der Waals surface area contributed by atoms with Gasteiger partial charge >= 0.3 is 21.7 Å². The predicted molar refractivity (Wildman–Crippen MR) is 107 cm³/mol. The second-order valence-corrected chi connectivity index (χ2v) is 11.0. The van der Waals surface area contributed by atoms with E-state index in [1.54, 1.807) is 0 Å². The molecule has 3 heterocycles. The maximum atomic E-state index is 12.2. The number of rotatable bonds is 9. The van der Waals surface area contributed by atoms with Gasteiger partial charge in [-0.1, -0.05) is 0 Å². The Morgan fingerprint density at radius 3 is 2.17 bits per heavy atom. The molecule has 3 saturated heterocycles. The van der Waals surface area contributed by atoms with Crippen LogP contribution in [0.25, 0.3) is 0 Å². The lowest BCUT2D eigenvalue weighted by molar-refractivity contribution is -0.280. The van der Waals surface area contributed by atoms with Crippen molar-refractivity contribution in [3.05, 3.63) is 0 Å². The van der Waals surface area contributed by atoms with Crippen LogP contribution in [0, 0.1) is 0 Å². The molecule has 21 heteroatoms. The standard InChI is InChI=1S/C15H26N2O17P2/c18-3-5-8(20)10(22)12(24)14(32-5)33-36(28,29)34-35(26,27)30-4-6-9(21)11(23)13(31-6)17-2-1-7(19)16-15(17)25/h5-6,8-14,18,20-24H,1-4H2,(H,26,27)(H,28,29)(H,16,19,25)/t5-,6-,8+,9-,10+,11-,12-,13-,14-/m1/s1. The fourth-order valence-electron chi connectivity index (χ4n) is 3.57. The Morgan fingerprint density at radius 2 is 1.56 bits per heavy atom. The minimum Gasteiger partial charge on any atom is -0.394 e. The van der Waals surface area contributed by atoms with Crippen molar-refractivity contribution >= 4 is 27.6 Å². The summed E-state index contributed by atoms with van der Waals surface area (Å²) in [5.74, 6) is -0.568. The first-order valence-corrected chi connectivity index (χ1v) is 13.3. The molecular weight excluding hydrogens is 542 g/mol. The van der Waals surface area contributed by atoms with Gasteiger partial charge in [-0.2, -0.15) is 4.31 Å². The number of imide groups is 1. The third-order valence-corrected chi connectivity index (χ3v) is 8.03. The lowest BCUT2D eigenvalue weighted by atomic mass is 10.00. The van der Waals surface area contributed by atoms with Gasteiger partial charge in [0.05, 0.1) is 13.2 Å². The van der Waals surface area contributed by atoms with Gasteiger partial charge in [0.25, 0.3) is 0 Å². The topological polar surface area (TPSA) is 292 Å². The highest BCUT2D eigenvalue weighted by molar-refractivity contribution is 7.61. The maximum Gasteiger partial charge on any atom is 0.483 e. The van der Waals surface area contributed by atoms with Gasteiger partial charge in [0.15, 0.2) is 12.5 Å². The smallest absolute Gasteiger partial charge is 0.394 e. The zero-order chi connectivity index (χ0) is 27.0. The van der Waals surface area contributed by atoms with Gasteiger partial charge in [-0.25, -0.2) is 13.9 Å². The second kappa shape index (κ2) is 11.3. The van der Waals surface area contributed by atoms with Crippen molar-refractivity contribution in [2.45, 2.75) is 61.7 Å². The van der Waals surface area contributed by atoms with Crippen LogP contribution >= 0.6 is 15.6 Å². The number of hydrogen-bond acceptors (Lipinski definition) is 15. The monoisotopic (exact) mass is 568 g/mol. The number of nitrogens with zero attached hydrogens (tertiary/aromatic N) is 1. The van der Waals surface area contributed by atoms with E-state index in [1.807, 2.05) is 5.32 Å². The molecule has 36 heavy (non-hydrogen) atoms. The Hall–Kier alpha value is -1.12. The summed E-state index contributed by atoms with van der Waals surface area (Å²) in [6, 6.07) is -0.910. The van der Waals surface area contributed by atoms with Crippen LogP contribution in [0.1, 0.15) is 6.42 Å². The molecule has 3 fully saturated rings. The highest BCUT2D eigenvalue weighted by Crippen LogP contribution is 2.61. The van der Waals surface area contributed by atoms with Crippen molar-refractivity contribution in [2.24, 2.45) is 0 Å². The van der Waals surface area contributed by atoms with E-state index < -0.39 is 96.0 Å². The molecule has 0 aliphatic carbocycles. The third-order valence-electron chi connectivity index (χ3n) is 5.43. The molecule has 0 aromatic rings. The average Bonchev–Trinajstić information content (AvgIpc) is 3.06. The Labute approximate surface area is 201 Å². The highest BCUT2D eigenvalue weighted by atomic mass is 31.3. The Balaban J connectivity index is 1.57. The van der Waals surface area contributed by atoms with Crippen molar-refractivity contribution in [2.75, 3.05) is 19.8 Å². The molecule has 0 bridgehead atoms. The van der Waals surface area contributed by atoms with Gasteiger partial charge in [-0.15, -0.1) is 0 Å². The first-order chi connectivity index (χ1) is 16.7. The van der Waals surface area contributed by atoms with Gasteiger partial charge in [-0.3, -0.25) is 24.1 Å². The molecule has 0 radical (unpaired) electrons. The van der Waals surface area contributed by atoms with Crippen molar-refractivity contribution in [1.29, 1.82) is 0 Å². The summed E-state index contributed by atoms with van der Waals surface area (Å²) >= 11 is 0. The number of aliphatic hydroxyl groups is 6. The van der Waals surface area contributed by atoms with Crippen LogP contribution in [0.2, 0.25) is 0 Å². The van der Waals surface area contributed by atoms with Crippen molar-refractivity contribution in [3.63, 3.8) is 0 Å². The van der Waals surface area contributed by atoms with E-state index in [4.69, 9.17) is 14.6 Å². The van der Waals surface area contributed by atoms with Crippen LogP contribution < -0.4 is 5.32 Å². The zero-order valence-electron chi connectivity index (χ0n) is 18.1. The molecule has 3 rings (SSSR count). The Bertz CT molecular complexity index is 920. The molecule has 9 N–H and O–H groups in total. The number of nitrogens with one attached hydrogen (secondary N) is 1. The Kier molecular flexibility index (Phi) is 9.26. The van der Waals surface area contributed by atoms with E-state index >= 15 is 0 Å². The van der Waals surface area contributed by atoms with Crippen LogP contribution in [0.3, 0.4) is 0 Å². The summed E-state index contributed by atoms with van der Waals surface area (Å²) in [4.78, 5) is 43.7. The summed E-state index contributed by atoms with van der Waals surface area (Å²) in [6.45, 7) is -2.05. The lowest BCUT2D eigenvalue weighted by Gasteiger charge is -2.39. The van der Waals surface area contributed by atoms with Crippen LogP contribution in [-0.2, 0) is 36.8 Å². The number of carbonyl (C=O) groups is 2. The van der Waals surface area contributed by atoms with Gasteiger partial charge in [0.1, 0.15) is 42.7 Å². The molecule has 0 aromatic heterocycles. The van der Waals surface area contributed by atoms with E-state index in [9.17, 15) is 54.0 Å². The van der Waals surface area contributed by atoms with E-state index in [0.717, 1.165) is 4.90 Å². The average molecular weight is 568 g/mol. The molecule has 0 saturated carbocycles. The van der Waals surface area contributed by atoms with E-state index in [1.165, 1.54) is 0 Å². The van der Waals surface area contributed by atoms with E-state index in [2.05, 4.69) is 13.4 Å². The second-order valence-electron chi connectivity index (χ2n) is 7.96. The van der Waals surface area contributed by atoms with Gasteiger partial charge in [0.2, 0.25) is 5.91 Å². The Morgan fingerprint density at radius 1 is 0.917 bits per heavy atom. The van der Waals surface area contributed by atoms with Crippen LogP contribution in [0.5, 0.6) is 0 Å². The summed E-state index contributed by atoms with van der Waals surface area (Å²) in [5.41, 5.74) is 0. The van der Waals surface area contributed by atoms with Crippen molar-refractivity contribution < 1.29 is 82.0 Å². The normalized spacial score (nSPS) is 41.0. The minimum absolute atomic E-state index is 0.116. The van der Waals surface area contributed by atoms with Gasteiger partial charge in [-0.05, 0) is 0 Å². The molecule has 3 aliphatic heterocycles. The van der Waals surface area contributed by atoms with Crippen molar-refractivity contribution in [3.8, 4) is 0 Å². The minimum atomic E-state index is -5.58. The number of carbonyl (C=O) groups excluding carboxylic acids is 2. The molecule has 0 spiro atoms. The van der Waals surface area contributed by atoms with Gasteiger partial charge in [0, 0.05) is 13.0 Å². The fraction of sp³-hybridized carbons (Fsp3) is 0.867. The summed E-state index contributed by atoms with van der Waals surface area (Å²) < 4.78 is 47.5. The molecule has 0 aromatic carbocycles. The summed E-state index contributed by atoms with van der Waals surface area (Å²) in [7, 11) is -11.1. The van der Waals surface area contributed by atoms with E-state index in [-0.39, 0.29) is 13.0 Å². The highest BCUT2D eigenvalue weighted by Gasteiger charge is 2.50. The fourth-order valence-corrected chi connectivity index (χ4v) is 5.73. The SMILES string of the molecule is O=C1CCN([C@@H]2O[C@H](COP(=O)(O)OP(=O)(O)O[C@H]3O[C@H](CO)[C@H](O)[C@H](O)[C@H]3O)[C@@H](O)[C@H]2O)C(=O)N1. The van der Waals surface area contributed by atoms with Crippen LogP contribution in [-0.4, -0.2) is 132 Å². The van der Waals surface area contributed by atoms with Crippen LogP contribution in [0.15, 0.2) is 0 Å². The predicted octanol–water partition coefficient (Wildman–Crippen LogP) is -4.57. The summed E-state index contributed by atoms with van der Waals surface area (Å²) in [6.07, 6.45) is -16.2. The molecule has 3 aliphatic rings. The maximum absolute atomic E-state index is 12.2. The quantitative estimate of drug-likeness (QED) is 0.118. The zero-order valence-corrected chi connectivity index (χ0v) is 19.9. The molecule has 11 atom stereocenters. The molecule has 19 nitrogen and oxygen atoms in total. The van der Waals surface area contributed by atoms with Gasteiger partial charge < -0.3 is 49.9 Å². The number of hydrogen-bond donors (Lipinski definition) is 9. The number of phosphoric acid groups is 2. The first kappa shape index (κ1) is 29.4. The first-order valence-electron chi connectivity index (χ1n) is 10.3. The molecule has 208 valence electrons. The third kappa shape index (κ3) is 6.65. The molecular formula is C15H26N2O17P2. The number of urea groups is 1. The van der Waals surface area contributed by atoms with Crippen LogP contribution in [0.4, 0.5) is 4.79 Å². The largest absolute Gasteiger partial charge is 0.483 e. The number of amides is 3.